The maximum atomic E-state index is 2.69. The van der Waals surface area contributed by atoms with E-state index in [0.717, 1.165) is 42.0 Å². The summed E-state index contributed by atoms with van der Waals surface area (Å²) >= 11 is 0. The van der Waals surface area contributed by atoms with E-state index < -0.39 is 0 Å². The Bertz CT molecular complexity index is 4770. The first-order chi connectivity index (χ1) is 41.8. The van der Waals surface area contributed by atoms with Crippen molar-refractivity contribution < 1.29 is 0 Å². The molecule has 14 aromatic rings. The second kappa shape index (κ2) is 20.1. The lowest BCUT2D eigenvalue weighted by atomic mass is 9.33. The van der Waals surface area contributed by atoms with E-state index in [1.807, 2.05) is 0 Å². The van der Waals surface area contributed by atoms with Crippen molar-refractivity contribution >= 4 is 101 Å². The van der Waals surface area contributed by atoms with E-state index in [2.05, 4.69) is 320 Å². The molecule has 0 bridgehead atoms. The van der Waals surface area contributed by atoms with Crippen molar-refractivity contribution in [2.75, 3.05) is 9.80 Å². The summed E-state index contributed by atoms with van der Waals surface area (Å²) in [5, 5.41) is 4.99. The number of unbranched alkanes of at least 4 members (excludes halogenated alkanes) is 1. The van der Waals surface area contributed by atoms with Crippen LogP contribution in [0.2, 0.25) is 0 Å². The molecule has 0 aliphatic carbocycles. The van der Waals surface area contributed by atoms with E-state index in [4.69, 9.17) is 0 Å². The Morgan fingerprint density at radius 2 is 0.788 bits per heavy atom. The van der Waals surface area contributed by atoms with Gasteiger partial charge in [-0.1, -0.05) is 234 Å². The van der Waals surface area contributed by atoms with Crippen molar-refractivity contribution in [3.8, 4) is 44.8 Å². The SMILES string of the molecule is CCCCc1cc(-c2ccccc2)ccc1N1c2cc(-n3c4ccccc4c4ccccc43)ccc2B2c3ccc(-n4c5ccccc5c5ccccc54)cc3N(c3c(-c4ccccc4)cccc3-c3ccccc3)c3cc(C(C)(C)C)cc1c32. The maximum Gasteiger partial charge on any atom is 0.252 e. The second-order valence-electron chi connectivity index (χ2n) is 24.3. The molecule has 0 radical (unpaired) electrons. The Morgan fingerprint density at radius 1 is 0.353 bits per heavy atom. The van der Waals surface area contributed by atoms with Crippen LogP contribution in [0.5, 0.6) is 0 Å². The average molecular weight is 1090 g/mol. The number of benzene rings is 12. The molecule has 406 valence electrons. The largest absolute Gasteiger partial charge is 0.311 e. The fourth-order valence-corrected chi connectivity index (χ4v) is 14.2. The van der Waals surface area contributed by atoms with Crippen LogP contribution in [0.25, 0.3) is 88.4 Å². The van der Waals surface area contributed by atoms with Crippen LogP contribution in [0.1, 0.15) is 51.7 Å². The van der Waals surface area contributed by atoms with Gasteiger partial charge in [0.1, 0.15) is 0 Å². The molecule has 0 atom stereocenters. The molecule has 4 nitrogen and oxygen atoms in total. The summed E-state index contributed by atoms with van der Waals surface area (Å²) in [5.74, 6) is 0. The van der Waals surface area contributed by atoms with Gasteiger partial charge in [-0.25, -0.2) is 0 Å². The zero-order chi connectivity index (χ0) is 56.9. The summed E-state index contributed by atoms with van der Waals surface area (Å²) < 4.78 is 4.98. The Labute approximate surface area is 498 Å². The molecule has 2 aromatic heterocycles. The minimum Gasteiger partial charge on any atom is -0.311 e. The Morgan fingerprint density at radius 3 is 1.26 bits per heavy atom. The van der Waals surface area contributed by atoms with Gasteiger partial charge in [-0.2, -0.15) is 0 Å². The lowest BCUT2D eigenvalue weighted by molar-refractivity contribution is 0.590. The van der Waals surface area contributed by atoms with Gasteiger partial charge < -0.3 is 18.9 Å². The van der Waals surface area contributed by atoms with Crippen LogP contribution in [0.15, 0.2) is 273 Å². The minimum absolute atomic E-state index is 0.136. The number of anilines is 6. The molecule has 0 spiro atoms. The molecule has 16 rings (SSSR count). The van der Waals surface area contributed by atoms with E-state index in [-0.39, 0.29) is 12.1 Å². The van der Waals surface area contributed by atoms with Gasteiger partial charge in [0.2, 0.25) is 0 Å². The van der Waals surface area contributed by atoms with Crippen molar-refractivity contribution in [2.24, 2.45) is 0 Å². The topological polar surface area (TPSA) is 16.3 Å². The highest BCUT2D eigenvalue weighted by Crippen LogP contribution is 2.52. The Hall–Kier alpha value is -10.1. The van der Waals surface area contributed by atoms with Crippen LogP contribution in [0.3, 0.4) is 0 Å². The van der Waals surface area contributed by atoms with Gasteiger partial charge in [-0.15, -0.1) is 0 Å². The molecular weight excluding hydrogens is 1030 g/mol. The van der Waals surface area contributed by atoms with Crippen LogP contribution >= 0.6 is 0 Å². The maximum absolute atomic E-state index is 2.69. The predicted octanol–water partition coefficient (Wildman–Crippen LogP) is 19.6. The molecule has 0 fully saturated rings. The Kier molecular flexibility index (Phi) is 12.0. The van der Waals surface area contributed by atoms with Crippen LogP contribution < -0.4 is 26.2 Å². The number of rotatable bonds is 10. The number of nitrogens with zero attached hydrogens (tertiary/aromatic N) is 4. The molecule has 2 aliphatic heterocycles. The molecule has 0 N–H and O–H groups in total. The smallest absolute Gasteiger partial charge is 0.252 e. The van der Waals surface area contributed by atoms with Crippen LogP contribution in [-0.4, -0.2) is 15.8 Å². The number of aromatic nitrogens is 2. The zero-order valence-electron chi connectivity index (χ0n) is 48.5. The molecule has 0 saturated carbocycles. The summed E-state index contributed by atoms with van der Waals surface area (Å²) in [4.78, 5) is 5.38. The van der Waals surface area contributed by atoms with E-state index in [1.54, 1.807) is 0 Å². The first kappa shape index (κ1) is 50.6. The normalized spacial score (nSPS) is 12.8. The number of para-hydroxylation sites is 5. The molecule has 0 unspecified atom stereocenters. The fraction of sp³-hybridized carbons (Fsp3) is 0.100. The molecule has 0 saturated heterocycles. The quantitative estimate of drug-likeness (QED) is 0.127. The summed E-state index contributed by atoms with van der Waals surface area (Å²) in [6.07, 6.45) is 3.11. The zero-order valence-corrected chi connectivity index (χ0v) is 48.5. The molecule has 12 aromatic carbocycles. The Balaban J connectivity index is 1.05. The second-order valence-corrected chi connectivity index (χ2v) is 24.3. The van der Waals surface area contributed by atoms with Gasteiger partial charge in [-0.05, 0) is 141 Å². The van der Waals surface area contributed by atoms with Crippen molar-refractivity contribution in [2.45, 2.75) is 52.4 Å². The van der Waals surface area contributed by atoms with Gasteiger partial charge in [0.15, 0.2) is 0 Å². The number of hydrogen-bond donors (Lipinski definition) is 0. The molecular formula is C80H63BN4. The van der Waals surface area contributed by atoms with E-state index in [1.165, 1.54) is 127 Å². The average Bonchev–Trinajstić information content (AvgIpc) is 1.25. The van der Waals surface area contributed by atoms with E-state index in [0.29, 0.717) is 0 Å². The first-order valence-electron chi connectivity index (χ1n) is 30.3. The van der Waals surface area contributed by atoms with E-state index in [9.17, 15) is 0 Å². The van der Waals surface area contributed by atoms with Gasteiger partial charge in [0.05, 0.1) is 27.8 Å². The predicted molar refractivity (Wildman–Crippen MR) is 363 cm³/mol. The summed E-state index contributed by atoms with van der Waals surface area (Å²) in [6.45, 7) is 9.34. The standard InChI is InChI=1S/C80H63BN4/c1-5-6-25-57-48-56(53-26-10-7-11-27-53)42-47-69(57)84-74-51-59(82-70-38-20-16-32-63(70)64-33-17-21-39-71(64)82)43-45-67(74)81-68-46-44-60(83-72-40-22-18-34-65(72)66-35-19-23-41-73(66)83)52-75(68)85(77-50-58(80(2,3)4)49-76(84)78(77)81)79-61(54-28-12-8-13-29-54)36-24-37-62(79)55-30-14-9-15-31-55/h7-24,26-52H,5-6,25H2,1-4H3. The molecule has 5 heteroatoms. The van der Waals surface area contributed by atoms with Gasteiger partial charge in [0, 0.05) is 72.5 Å². The molecule has 2 aliphatic rings. The molecule has 4 heterocycles. The third-order valence-corrected chi connectivity index (χ3v) is 18.2. The van der Waals surface area contributed by atoms with Crippen molar-refractivity contribution in [3.05, 3.63) is 284 Å². The minimum atomic E-state index is -0.238. The summed E-state index contributed by atoms with van der Waals surface area (Å²) in [7, 11) is 0. The summed E-state index contributed by atoms with van der Waals surface area (Å²) in [6, 6.07) is 103. The van der Waals surface area contributed by atoms with Crippen molar-refractivity contribution in [1.29, 1.82) is 0 Å². The van der Waals surface area contributed by atoms with E-state index >= 15 is 0 Å². The highest BCUT2D eigenvalue weighted by molar-refractivity contribution is 7.00. The van der Waals surface area contributed by atoms with Crippen molar-refractivity contribution in [3.63, 3.8) is 0 Å². The lowest BCUT2D eigenvalue weighted by Crippen LogP contribution is -2.61. The van der Waals surface area contributed by atoms with Crippen LogP contribution in [0, 0.1) is 0 Å². The van der Waals surface area contributed by atoms with Gasteiger partial charge in [0.25, 0.3) is 6.71 Å². The van der Waals surface area contributed by atoms with Gasteiger partial charge >= 0.3 is 0 Å². The van der Waals surface area contributed by atoms with Crippen molar-refractivity contribution in [1.82, 2.24) is 9.13 Å². The lowest BCUT2D eigenvalue weighted by Gasteiger charge is -2.46. The molecule has 85 heavy (non-hydrogen) atoms. The first-order valence-corrected chi connectivity index (χ1v) is 30.3. The van der Waals surface area contributed by atoms with Crippen LogP contribution in [-0.2, 0) is 11.8 Å². The fourth-order valence-electron chi connectivity index (χ4n) is 14.2. The monoisotopic (exact) mass is 1090 g/mol. The summed E-state index contributed by atoms with van der Waals surface area (Å²) in [5.41, 5.74) is 27.5. The molecule has 0 amide bonds. The number of fused-ring (bicyclic) bond motifs is 10. The van der Waals surface area contributed by atoms with Crippen LogP contribution in [0.4, 0.5) is 34.1 Å². The van der Waals surface area contributed by atoms with Gasteiger partial charge in [-0.3, -0.25) is 0 Å². The number of hydrogen-bond acceptors (Lipinski definition) is 2. The third kappa shape index (κ3) is 8.12. The highest BCUT2D eigenvalue weighted by Gasteiger charge is 2.46. The third-order valence-electron chi connectivity index (χ3n) is 18.2. The highest BCUT2D eigenvalue weighted by atomic mass is 15.2. The number of aryl methyl sites for hydroxylation is 1.